The molecule has 1 atom stereocenters. The fourth-order valence-corrected chi connectivity index (χ4v) is 1.80. The fraction of sp³-hybridized carbons (Fsp3) is 0.889. The highest BCUT2D eigenvalue weighted by Gasteiger charge is 2.30. The van der Waals surface area contributed by atoms with Crippen LogP contribution in [0.25, 0.3) is 0 Å². The monoisotopic (exact) mass is 201 g/mol. The maximum Gasteiger partial charge on any atom is 0.250 e. The summed E-state index contributed by atoms with van der Waals surface area (Å²) in [5, 5.41) is 8.90. The van der Waals surface area contributed by atoms with E-state index in [-0.39, 0.29) is 18.6 Å². The minimum atomic E-state index is -0.252. The number of nitrogens with two attached hydrogens (primary N) is 1. The van der Waals surface area contributed by atoms with Crippen LogP contribution in [0.3, 0.4) is 0 Å². The summed E-state index contributed by atoms with van der Waals surface area (Å²) in [6.45, 7) is 2.44. The number of hydrogen-bond acceptors (Lipinski definition) is 4. The van der Waals surface area contributed by atoms with E-state index in [4.69, 9.17) is 10.9 Å². The van der Waals surface area contributed by atoms with E-state index in [9.17, 15) is 4.79 Å². The number of rotatable bonds is 5. The van der Waals surface area contributed by atoms with E-state index < -0.39 is 0 Å². The van der Waals surface area contributed by atoms with Gasteiger partial charge < -0.3 is 5.11 Å². The molecule has 0 heterocycles. The van der Waals surface area contributed by atoms with E-state index in [0.717, 1.165) is 12.8 Å². The Balaban J connectivity index is 2.51. The number of hydrogen-bond donors (Lipinski definition) is 3. The molecule has 1 saturated carbocycles. The molecular weight excluding hydrogens is 182 g/mol. The summed E-state index contributed by atoms with van der Waals surface area (Å²) in [7, 11) is 0. The molecule has 1 aliphatic carbocycles. The van der Waals surface area contributed by atoms with Crippen LogP contribution in [0.15, 0.2) is 0 Å². The van der Waals surface area contributed by atoms with Gasteiger partial charge in [0.15, 0.2) is 0 Å². The lowest BCUT2D eigenvalue weighted by atomic mass is 9.90. The van der Waals surface area contributed by atoms with Crippen molar-refractivity contribution in [1.82, 2.24) is 10.3 Å². The first-order valence-corrected chi connectivity index (χ1v) is 5.07. The molecule has 0 aromatic rings. The molecule has 0 saturated heterocycles. The van der Waals surface area contributed by atoms with Crippen LogP contribution in [0.4, 0.5) is 0 Å². The van der Waals surface area contributed by atoms with Crippen molar-refractivity contribution in [3.63, 3.8) is 0 Å². The Bertz CT molecular complexity index is 194. The van der Waals surface area contributed by atoms with Crippen molar-refractivity contribution in [3.05, 3.63) is 0 Å². The molecule has 1 unspecified atom stereocenters. The third-order valence-electron chi connectivity index (χ3n) is 2.92. The highest BCUT2D eigenvalue weighted by Crippen LogP contribution is 2.26. The maximum atomic E-state index is 11.3. The predicted molar refractivity (Wildman–Crippen MR) is 53.2 cm³/mol. The second-order valence-corrected chi connectivity index (χ2v) is 3.73. The van der Waals surface area contributed by atoms with Gasteiger partial charge in [0.2, 0.25) is 0 Å². The first kappa shape index (κ1) is 11.4. The van der Waals surface area contributed by atoms with Crippen molar-refractivity contribution >= 4 is 5.91 Å². The van der Waals surface area contributed by atoms with Gasteiger partial charge in [-0.15, -0.1) is 0 Å². The SMILES string of the molecule is CC(C(=O)NN)N(CCO)C1CCC1. The predicted octanol–water partition coefficient (Wildman–Crippen LogP) is -0.788. The summed E-state index contributed by atoms with van der Waals surface area (Å²) < 4.78 is 0. The van der Waals surface area contributed by atoms with Gasteiger partial charge in [-0.05, 0) is 19.8 Å². The maximum absolute atomic E-state index is 11.3. The third kappa shape index (κ3) is 2.43. The molecule has 1 amide bonds. The zero-order chi connectivity index (χ0) is 10.6. The number of nitrogens with one attached hydrogen (secondary N) is 1. The molecule has 0 spiro atoms. The van der Waals surface area contributed by atoms with E-state index in [0.29, 0.717) is 12.6 Å². The van der Waals surface area contributed by atoms with Crippen LogP contribution >= 0.6 is 0 Å². The van der Waals surface area contributed by atoms with Gasteiger partial charge in [0.1, 0.15) is 0 Å². The van der Waals surface area contributed by atoms with Crippen molar-refractivity contribution in [2.75, 3.05) is 13.2 Å². The van der Waals surface area contributed by atoms with Crippen LogP contribution in [0, 0.1) is 0 Å². The molecule has 0 aromatic heterocycles. The average Bonchev–Trinajstić information content (AvgIpc) is 2.12. The van der Waals surface area contributed by atoms with Gasteiger partial charge in [-0.2, -0.15) is 0 Å². The third-order valence-corrected chi connectivity index (χ3v) is 2.92. The molecule has 1 rings (SSSR count). The lowest BCUT2D eigenvalue weighted by Gasteiger charge is -2.40. The highest BCUT2D eigenvalue weighted by atomic mass is 16.3. The number of carbonyl (C=O) groups excluding carboxylic acids is 1. The van der Waals surface area contributed by atoms with Gasteiger partial charge in [-0.25, -0.2) is 5.84 Å². The summed E-state index contributed by atoms with van der Waals surface area (Å²) in [5.41, 5.74) is 2.14. The Morgan fingerprint density at radius 2 is 2.36 bits per heavy atom. The summed E-state index contributed by atoms with van der Waals surface area (Å²) in [5.74, 6) is 4.89. The Labute approximate surface area is 84.2 Å². The number of nitrogens with zero attached hydrogens (tertiary/aromatic N) is 1. The Kier molecular flexibility index (Phi) is 4.31. The molecule has 0 aromatic carbocycles. The summed E-state index contributed by atoms with van der Waals surface area (Å²) in [6.07, 6.45) is 3.44. The van der Waals surface area contributed by atoms with Gasteiger partial charge in [0, 0.05) is 12.6 Å². The van der Waals surface area contributed by atoms with Crippen molar-refractivity contribution in [2.45, 2.75) is 38.3 Å². The van der Waals surface area contributed by atoms with Gasteiger partial charge in [-0.1, -0.05) is 6.42 Å². The fourth-order valence-electron chi connectivity index (χ4n) is 1.80. The van der Waals surface area contributed by atoms with E-state index in [1.807, 2.05) is 11.8 Å². The zero-order valence-corrected chi connectivity index (χ0v) is 8.57. The molecule has 5 nitrogen and oxygen atoms in total. The summed E-state index contributed by atoms with van der Waals surface area (Å²) >= 11 is 0. The standard InChI is InChI=1S/C9H19N3O2/c1-7(9(14)11-10)12(5-6-13)8-3-2-4-8/h7-8,13H,2-6,10H2,1H3,(H,11,14). The largest absolute Gasteiger partial charge is 0.395 e. The van der Waals surface area contributed by atoms with Crippen LogP contribution in [0.5, 0.6) is 0 Å². The first-order valence-electron chi connectivity index (χ1n) is 5.07. The molecule has 5 heteroatoms. The van der Waals surface area contributed by atoms with Gasteiger partial charge in [0.25, 0.3) is 5.91 Å². The molecule has 1 aliphatic rings. The number of carbonyl (C=O) groups is 1. The number of amides is 1. The van der Waals surface area contributed by atoms with E-state index in [1.54, 1.807) is 0 Å². The van der Waals surface area contributed by atoms with Crippen LogP contribution in [-0.2, 0) is 4.79 Å². The lowest BCUT2D eigenvalue weighted by Crippen LogP contribution is -2.54. The van der Waals surface area contributed by atoms with Gasteiger partial charge >= 0.3 is 0 Å². The second-order valence-electron chi connectivity index (χ2n) is 3.73. The Hall–Kier alpha value is -0.650. The minimum Gasteiger partial charge on any atom is -0.395 e. The molecular formula is C9H19N3O2. The van der Waals surface area contributed by atoms with Crippen LogP contribution in [-0.4, -0.2) is 41.1 Å². The highest BCUT2D eigenvalue weighted by molar-refractivity contribution is 5.80. The Morgan fingerprint density at radius 3 is 2.71 bits per heavy atom. The number of aliphatic hydroxyl groups excluding tert-OH is 1. The molecule has 0 bridgehead atoms. The summed E-state index contributed by atoms with van der Waals surface area (Å²) in [4.78, 5) is 13.3. The van der Waals surface area contributed by atoms with E-state index in [1.165, 1.54) is 6.42 Å². The molecule has 0 radical (unpaired) electrons. The van der Waals surface area contributed by atoms with Crippen molar-refractivity contribution in [3.8, 4) is 0 Å². The van der Waals surface area contributed by atoms with Crippen molar-refractivity contribution in [2.24, 2.45) is 5.84 Å². The second kappa shape index (κ2) is 5.29. The zero-order valence-electron chi connectivity index (χ0n) is 8.57. The summed E-state index contributed by atoms with van der Waals surface area (Å²) in [6, 6.07) is 0.187. The van der Waals surface area contributed by atoms with Crippen LogP contribution in [0.2, 0.25) is 0 Å². The first-order chi connectivity index (χ1) is 6.70. The van der Waals surface area contributed by atoms with Crippen LogP contribution in [0.1, 0.15) is 26.2 Å². The number of hydrazine groups is 1. The molecule has 0 aliphatic heterocycles. The minimum absolute atomic E-state index is 0.0820. The van der Waals surface area contributed by atoms with Crippen LogP contribution < -0.4 is 11.3 Å². The van der Waals surface area contributed by atoms with Crippen molar-refractivity contribution < 1.29 is 9.90 Å². The smallest absolute Gasteiger partial charge is 0.250 e. The normalized spacial score (nSPS) is 19.1. The van der Waals surface area contributed by atoms with Crippen molar-refractivity contribution in [1.29, 1.82) is 0 Å². The van der Waals surface area contributed by atoms with Gasteiger partial charge in [0.05, 0.1) is 12.6 Å². The molecule has 82 valence electrons. The van der Waals surface area contributed by atoms with E-state index >= 15 is 0 Å². The Morgan fingerprint density at radius 1 is 1.71 bits per heavy atom. The average molecular weight is 201 g/mol. The molecule has 4 N–H and O–H groups in total. The van der Waals surface area contributed by atoms with Gasteiger partial charge in [-0.3, -0.25) is 15.1 Å². The quantitative estimate of drug-likeness (QED) is 0.309. The lowest BCUT2D eigenvalue weighted by molar-refractivity contribution is -0.127. The van der Waals surface area contributed by atoms with E-state index in [2.05, 4.69) is 5.43 Å². The number of aliphatic hydroxyl groups is 1. The molecule has 1 fully saturated rings. The topological polar surface area (TPSA) is 78.6 Å². The molecule has 14 heavy (non-hydrogen) atoms.